The zero-order valence-corrected chi connectivity index (χ0v) is 20.8. The highest BCUT2D eigenvalue weighted by molar-refractivity contribution is 6.04. The number of fused-ring (bicyclic) bond motifs is 1. The van der Waals surface area contributed by atoms with Crippen LogP contribution in [-0.2, 0) is 23.9 Å². The van der Waals surface area contributed by atoms with Gasteiger partial charge in [0.2, 0.25) is 0 Å². The molecule has 0 aromatic heterocycles. The number of nitrogens with zero attached hydrogens (tertiary/aromatic N) is 3. The molecule has 1 aromatic rings. The van der Waals surface area contributed by atoms with Gasteiger partial charge in [-0.3, -0.25) is 24.2 Å². The molecule has 3 amide bonds. The molecule has 3 fully saturated rings. The Morgan fingerprint density at radius 2 is 1.83 bits per heavy atom. The van der Waals surface area contributed by atoms with Crippen molar-refractivity contribution in [3.8, 4) is 11.8 Å². The predicted octanol–water partition coefficient (Wildman–Crippen LogP) is 2.14. The molecule has 4 atom stereocenters. The standard InChI is InChI=1S/C27H31N3O6/c1-18(13-16-30-24(31)21-12-8-15-29(21)27(30)34)9-7-14-28-22(26(33)36-3)17-20(25(32)35-2)23(28)19-10-5-4-6-11-19/h4-6,10-11,13,20-23H,8,12,14-17H2,1-3H3/b18-13+/t20-,21-,22-,23-/m0/s1. The van der Waals surface area contributed by atoms with E-state index in [1.807, 2.05) is 42.2 Å². The summed E-state index contributed by atoms with van der Waals surface area (Å²) >= 11 is 0. The SMILES string of the molecule is COC(=O)[C@H]1C[C@@H](C(=O)OC)N(CC#C/C(C)=C/CN2C(=O)[C@@H]3CCCN3C2=O)[C@H]1c1ccccc1. The van der Waals surface area contributed by atoms with Gasteiger partial charge in [0.15, 0.2) is 0 Å². The van der Waals surface area contributed by atoms with E-state index in [0.29, 0.717) is 12.1 Å². The molecule has 0 unspecified atom stereocenters. The molecule has 0 saturated carbocycles. The Hall–Kier alpha value is -3.64. The third-order valence-electron chi connectivity index (χ3n) is 7.14. The van der Waals surface area contributed by atoms with E-state index in [2.05, 4.69) is 11.8 Å². The fourth-order valence-electron chi connectivity index (χ4n) is 5.36. The molecule has 4 rings (SSSR count). The maximum Gasteiger partial charge on any atom is 0.327 e. The molecule has 0 aliphatic carbocycles. The summed E-state index contributed by atoms with van der Waals surface area (Å²) in [6.07, 6.45) is 3.61. The number of urea groups is 1. The number of rotatable bonds is 6. The molecule has 0 spiro atoms. The van der Waals surface area contributed by atoms with E-state index in [1.165, 1.54) is 19.1 Å². The van der Waals surface area contributed by atoms with E-state index in [0.717, 1.165) is 18.4 Å². The largest absolute Gasteiger partial charge is 0.469 e. The Bertz CT molecular complexity index is 1100. The summed E-state index contributed by atoms with van der Waals surface area (Å²) in [7, 11) is 2.67. The van der Waals surface area contributed by atoms with Crippen molar-refractivity contribution in [3.05, 3.63) is 47.5 Å². The zero-order valence-electron chi connectivity index (χ0n) is 20.8. The Labute approximate surface area is 211 Å². The summed E-state index contributed by atoms with van der Waals surface area (Å²) < 4.78 is 10.1. The summed E-state index contributed by atoms with van der Waals surface area (Å²) in [5.41, 5.74) is 1.59. The van der Waals surface area contributed by atoms with Gasteiger partial charge < -0.3 is 14.4 Å². The fraction of sp³-hybridized carbons (Fsp3) is 0.481. The van der Waals surface area contributed by atoms with Gasteiger partial charge >= 0.3 is 18.0 Å². The van der Waals surface area contributed by atoms with Crippen molar-refractivity contribution in [1.82, 2.24) is 14.7 Å². The van der Waals surface area contributed by atoms with Gasteiger partial charge in [-0.1, -0.05) is 48.2 Å². The van der Waals surface area contributed by atoms with Gasteiger partial charge in [0.1, 0.15) is 12.1 Å². The summed E-state index contributed by atoms with van der Waals surface area (Å²) in [4.78, 5) is 55.0. The lowest BCUT2D eigenvalue weighted by Crippen LogP contribution is -2.38. The molecule has 9 heteroatoms. The molecule has 36 heavy (non-hydrogen) atoms. The van der Waals surface area contributed by atoms with Crippen LogP contribution in [0, 0.1) is 17.8 Å². The van der Waals surface area contributed by atoms with Crippen LogP contribution in [0.25, 0.3) is 0 Å². The number of carbonyl (C=O) groups excluding carboxylic acids is 4. The number of amides is 3. The summed E-state index contributed by atoms with van der Waals surface area (Å²) in [6.45, 7) is 2.83. The van der Waals surface area contributed by atoms with Crippen molar-refractivity contribution in [2.24, 2.45) is 5.92 Å². The van der Waals surface area contributed by atoms with E-state index in [1.54, 1.807) is 11.0 Å². The lowest BCUT2D eigenvalue weighted by Gasteiger charge is -2.28. The summed E-state index contributed by atoms with van der Waals surface area (Å²) in [5.74, 6) is 4.66. The first kappa shape index (κ1) is 25.5. The molecule has 0 bridgehead atoms. The molecule has 3 saturated heterocycles. The highest BCUT2D eigenvalue weighted by Crippen LogP contribution is 2.41. The number of imide groups is 1. The molecule has 3 aliphatic heterocycles. The average molecular weight is 494 g/mol. The van der Waals surface area contributed by atoms with Crippen LogP contribution in [0.3, 0.4) is 0 Å². The van der Waals surface area contributed by atoms with Gasteiger partial charge in [-0.05, 0) is 37.3 Å². The third-order valence-corrected chi connectivity index (χ3v) is 7.14. The number of hydrogen-bond donors (Lipinski definition) is 0. The van der Waals surface area contributed by atoms with Gasteiger partial charge in [0.05, 0.1) is 26.7 Å². The van der Waals surface area contributed by atoms with Crippen LogP contribution in [0.5, 0.6) is 0 Å². The van der Waals surface area contributed by atoms with Crippen LogP contribution in [0.15, 0.2) is 42.0 Å². The van der Waals surface area contributed by atoms with E-state index < -0.39 is 24.0 Å². The van der Waals surface area contributed by atoms with Crippen molar-refractivity contribution < 1.29 is 28.7 Å². The van der Waals surface area contributed by atoms with E-state index in [9.17, 15) is 19.2 Å². The fourth-order valence-corrected chi connectivity index (χ4v) is 5.36. The van der Waals surface area contributed by atoms with E-state index in [4.69, 9.17) is 9.47 Å². The second kappa shape index (κ2) is 11.0. The van der Waals surface area contributed by atoms with Crippen molar-refractivity contribution in [1.29, 1.82) is 0 Å². The summed E-state index contributed by atoms with van der Waals surface area (Å²) in [5, 5.41) is 0. The molecule has 0 N–H and O–H groups in total. The Morgan fingerprint density at radius 1 is 1.11 bits per heavy atom. The number of likely N-dealkylation sites (tertiary alicyclic amines) is 1. The van der Waals surface area contributed by atoms with E-state index >= 15 is 0 Å². The lowest BCUT2D eigenvalue weighted by atomic mass is 9.93. The monoisotopic (exact) mass is 493 g/mol. The van der Waals surface area contributed by atoms with E-state index in [-0.39, 0.29) is 43.5 Å². The minimum atomic E-state index is -0.642. The number of allylic oxidation sites excluding steroid dienone is 1. The van der Waals surface area contributed by atoms with Crippen LogP contribution >= 0.6 is 0 Å². The maximum absolute atomic E-state index is 12.6. The van der Waals surface area contributed by atoms with Crippen LogP contribution in [-0.4, -0.2) is 84.5 Å². The molecule has 1 aromatic carbocycles. The average Bonchev–Trinajstić information content (AvgIpc) is 3.58. The van der Waals surface area contributed by atoms with Gasteiger partial charge in [-0.2, -0.15) is 0 Å². The number of esters is 2. The van der Waals surface area contributed by atoms with Gasteiger partial charge in [0, 0.05) is 19.1 Å². The first-order valence-corrected chi connectivity index (χ1v) is 12.1. The molecule has 0 radical (unpaired) electrons. The van der Waals surface area contributed by atoms with Gasteiger partial charge in [0.25, 0.3) is 5.91 Å². The van der Waals surface area contributed by atoms with Gasteiger partial charge in [-0.15, -0.1) is 0 Å². The van der Waals surface area contributed by atoms with Crippen molar-refractivity contribution in [2.75, 3.05) is 33.9 Å². The first-order chi connectivity index (χ1) is 17.4. The van der Waals surface area contributed by atoms with Crippen LogP contribution in [0.4, 0.5) is 4.79 Å². The number of carbonyl (C=O) groups is 4. The second-order valence-electron chi connectivity index (χ2n) is 9.20. The smallest absolute Gasteiger partial charge is 0.327 e. The maximum atomic E-state index is 12.6. The predicted molar refractivity (Wildman–Crippen MR) is 130 cm³/mol. The zero-order chi connectivity index (χ0) is 25.8. The van der Waals surface area contributed by atoms with Crippen molar-refractivity contribution in [3.63, 3.8) is 0 Å². The Morgan fingerprint density at radius 3 is 2.50 bits per heavy atom. The topological polar surface area (TPSA) is 96.5 Å². The molecular formula is C27H31N3O6. The Balaban J connectivity index is 1.51. The molecule has 190 valence electrons. The molecule has 9 nitrogen and oxygen atoms in total. The third kappa shape index (κ3) is 4.86. The normalized spacial score (nSPS) is 26.0. The molecule has 3 heterocycles. The quantitative estimate of drug-likeness (QED) is 0.340. The van der Waals surface area contributed by atoms with Crippen molar-refractivity contribution in [2.45, 2.75) is 44.3 Å². The number of hydrogen-bond acceptors (Lipinski definition) is 7. The highest BCUT2D eigenvalue weighted by atomic mass is 16.5. The minimum absolute atomic E-state index is 0.146. The number of benzene rings is 1. The van der Waals surface area contributed by atoms with Crippen LogP contribution in [0.2, 0.25) is 0 Å². The van der Waals surface area contributed by atoms with Crippen LogP contribution in [0.1, 0.15) is 37.8 Å². The Kier molecular flexibility index (Phi) is 7.75. The summed E-state index contributed by atoms with van der Waals surface area (Å²) in [6, 6.07) is 7.91. The van der Waals surface area contributed by atoms with Crippen molar-refractivity contribution >= 4 is 23.9 Å². The van der Waals surface area contributed by atoms with Crippen LogP contribution < -0.4 is 0 Å². The number of methoxy groups -OCH3 is 2. The first-order valence-electron chi connectivity index (χ1n) is 12.1. The molecular weight excluding hydrogens is 462 g/mol. The highest BCUT2D eigenvalue weighted by Gasteiger charge is 2.49. The molecule has 3 aliphatic rings. The second-order valence-corrected chi connectivity index (χ2v) is 9.20. The number of ether oxygens (including phenoxy) is 2. The van der Waals surface area contributed by atoms with Gasteiger partial charge in [-0.25, -0.2) is 4.79 Å². The lowest BCUT2D eigenvalue weighted by molar-refractivity contribution is -0.146. The minimum Gasteiger partial charge on any atom is -0.469 e.